The van der Waals surface area contributed by atoms with E-state index in [0.29, 0.717) is 5.95 Å². The topological polar surface area (TPSA) is 105 Å². The lowest BCUT2D eigenvalue weighted by Crippen LogP contribution is -2.15. The first-order valence-electron chi connectivity index (χ1n) is 3.56. The van der Waals surface area contributed by atoms with E-state index in [2.05, 4.69) is 9.97 Å². The van der Waals surface area contributed by atoms with E-state index >= 15 is 0 Å². The van der Waals surface area contributed by atoms with Crippen molar-refractivity contribution in [3.05, 3.63) is 5.56 Å². The Morgan fingerprint density at radius 1 is 1.23 bits per heavy atom. The van der Waals surface area contributed by atoms with Gasteiger partial charge in [-0.25, -0.2) is 0 Å². The molecule has 0 aliphatic heterocycles. The van der Waals surface area contributed by atoms with E-state index in [0.717, 1.165) is 0 Å². The van der Waals surface area contributed by atoms with Crippen molar-refractivity contribution in [1.82, 2.24) is 9.97 Å². The molecule has 13 heavy (non-hydrogen) atoms. The van der Waals surface area contributed by atoms with Crippen LogP contribution in [0.1, 0.15) is 5.56 Å². The fourth-order valence-electron chi connectivity index (χ4n) is 0.798. The molecule has 0 amide bonds. The fraction of sp³-hybridized carbons (Fsp3) is 0.286. The van der Waals surface area contributed by atoms with Crippen molar-refractivity contribution in [1.29, 1.82) is 5.26 Å². The standard InChI is InChI=1S/C7H10N6/c1-13(2)7-11-5(9)4(3-8)6(10)12-7/h1-2H3,(H4,9,10,11,12). The van der Waals surface area contributed by atoms with Gasteiger partial charge in [0.05, 0.1) is 0 Å². The summed E-state index contributed by atoms with van der Waals surface area (Å²) in [5.74, 6) is 0.617. The van der Waals surface area contributed by atoms with Crippen LogP contribution in [0.2, 0.25) is 0 Å². The number of hydrogen-bond donors (Lipinski definition) is 2. The van der Waals surface area contributed by atoms with Gasteiger partial charge >= 0.3 is 0 Å². The van der Waals surface area contributed by atoms with Crippen molar-refractivity contribution < 1.29 is 0 Å². The van der Waals surface area contributed by atoms with Crippen LogP contribution < -0.4 is 16.4 Å². The number of aromatic nitrogens is 2. The highest BCUT2D eigenvalue weighted by Gasteiger charge is 2.09. The molecule has 0 fully saturated rings. The zero-order valence-electron chi connectivity index (χ0n) is 7.44. The van der Waals surface area contributed by atoms with E-state index in [4.69, 9.17) is 16.7 Å². The second-order valence-corrected chi connectivity index (χ2v) is 2.68. The van der Waals surface area contributed by atoms with Crippen LogP contribution in [-0.4, -0.2) is 24.1 Å². The SMILES string of the molecule is CN(C)c1nc(N)c(C#N)c(N)n1. The molecule has 0 atom stereocenters. The zero-order chi connectivity index (χ0) is 10.0. The van der Waals surface area contributed by atoms with Crippen molar-refractivity contribution in [2.75, 3.05) is 30.5 Å². The molecule has 4 N–H and O–H groups in total. The number of nitrogens with two attached hydrogens (primary N) is 2. The minimum absolute atomic E-state index is 0.110. The van der Waals surface area contributed by atoms with Gasteiger partial charge in [0.25, 0.3) is 0 Å². The Morgan fingerprint density at radius 3 is 2.00 bits per heavy atom. The second kappa shape index (κ2) is 3.15. The first-order chi connectivity index (χ1) is 6.06. The molecule has 1 rings (SSSR count). The summed E-state index contributed by atoms with van der Waals surface area (Å²) in [6.45, 7) is 0. The summed E-state index contributed by atoms with van der Waals surface area (Å²) in [5, 5.41) is 8.63. The highest BCUT2D eigenvalue weighted by molar-refractivity contribution is 5.62. The predicted molar refractivity (Wildman–Crippen MR) is 49.9 cm³/mol. The molecule has 0 radical (unpaired) electrons. The molecule has 1 aromatic heterocycles. The van der Waals surface area contributed by atoms with Crippen molar-refractivity contribution in [3.63, 3.8) is 0 Å². The summed E-state index contributed by atoms with van der Waals surface area (Å²) in [7, 11) is 3.53. The molecule has 0 saturated heterocycles. The third-order valence-electron chi connectivity index (χ3n) is 1.46. The molecule has 0 aliphatic rings. The lowest BCUT2D eigenvalue weighted by Gasteiger charge is -2.11. The highest BCUT2D eigenvalue weighted by Crippen LogP contribution is 2.17. The van der Waals surface area contributed by atoms with Crippen LogP contribution in [-0.2, 0) is 0 Å². The molecular formula is C7H10N6. The first kappa shape index (κ1) is 9.06. The number of rotatable bonds is 1. The first-order valence-corrected chi connectivity index (χ1v) is 3.56. The summed E-state index contributed by atoms with van der Waals surface area (Å²) in [6.07, 6.45) is 0. The summed E-state index contributed by atoms with van der Waals surface area (Å²) < 4.78 is 0. The van der Waals surface area contributed by atoms with Crippen molar-refractivity contribution in [2.24, 2.45) is 0 Å². The molecule has 6 nitrogen and oxygen atoms in total. The predicted octanol–water partition coefficient (Wildman–Crippen LogP) is -0.421. The maximum absolute atomic E-state index is 8.63. The van der Waals surface area contributed by atoms with E-state index < -0.39 is 0 Å². The van der Waals surface area contributed by atoms with Crippen LogP contribution in [0.5, 0.6) is 0 Å². The molecular weight excluding hydrogens is 168 g/mol. The summed E-state index contributed by atoms with van der Waals surface area (Å²) in [5.41, 5.74) is 11.1. The Bertz CT molecular complexity index is 341. The van der Waals surface area contributed by atoms with Crippen LogP contribution in [0, 0.1) is 11.3 Å². The minimum Gasteiger partial charge on any atom is -0.382 e. The summed E-state index contributed by atoms with van der Waals surface area (Å²) in [4.78, 5) is 9.45. The monoisotopic (exact) mass is 178 g/mol. The zero-order valence-corrected chi connectivity index (χ0v) is 7.44. The number of hydrogen-bond acceptors (Lipinski definition) is 6. The van der Waals surface area contributed by atoms with Gasteiger partial charge in [-0.15, -0.1) is 0 Å². The second-order valence-electron chi connectivity index (χ2n) is 2.68. The third-order valence-corrected chi connectivity index (χ3v) is 1.46. The Hall–Kier alpha value is -2.03. The van der Waals surface area contributed by atoms with Crippen LogP contribution in [0.4, 0.5) is 17.6 Å². The maximum atomic E-state index is 8.63. The fourth-order valence-corrected chi connectivity index (χ4v) is 0.798. The smallest absolute Gasteiger partial charge is 0.228 e. The highest BCUT2D eigenvalue weighted by atomic mass is 15.2. The Morgan fingerprint density at radius 2 is 1.69 bits per heavy atom. The largest absolute Gasteiger partial charge is 0.382 e. The summed E-state index contributed by atoms with van der Waals surface area (Å²) >= 11 is 0. The molecule has 68 valence electrons. The van der Waals surface area contributed by atoms with E-state index in [1.165, 1.54) is 0 Å². The van der Waals surface area contributed by atoms with Gasteiger partial charge in [0.2, 0.25) is 5.95 Å². The Labute approximate surface area is 75.8 Å². The molecule has 1 heterocycles. The van der Waals surface area contributed by atoms with E-state index in [-0.39, 0.29) is 17.2 Å². The molecule has 0 unspecified atom stereocenters. The lowest BCUT2D eigenvalue weighted by molar-refractivity contribution is 1.00. The van der Waals surface area contributed by atoms with E-state index in [1.807, 2.05) is 6.07 Å². The van der Waals surface area contributed by atoms with Crippen molar-refractivity contribution in [3.8, 4) is 6.07 Å². The van der Waals surface area contributed by atoms with Gasteiger partial charge < -0.3 is 16.4 Å². The van der Waals surface area contributed by atoms with Crippen molar-refractivity contribution in [2.45, 2.75) is 0 Å². The van der Waals surface area contributed by atoms with Crippen LogP contribution in [0.25, 0.3) is 0 Å². The van der Waals surface area contributed by atoms with Crippen LogP contribution in [0.3, 0.4) is 0 Å². The van der Waals surface area contributed by atoms with Gasteiger partial charge in [-0.05, 0) is 0 Å². The van der Waals surface area contributed by atoms with Gasteiger partial charge in [-0.1, -0.05) is 0 Å². The minimum atomic E-state index is 0.110. The van der Waals surface area contributed by atoms with Gasteiger partial charge in [0.15, 0.2) is 0 Å². The quantitative estimate of drug-likeness (QED) is 0.605. The Kier molecular flexibility index (Phi) is 2.19. The van der Waals surface area contributed by atoms with Gasteiger partial charge in [-0.2, -0.15) is 15.2 Å². The number of nitrogen functional groups attached to an aromatic ring is 2. The van der Waals surface area contributed by atoms with Crippen molar-refractivity contribution >= 4 is 17.6 Å². The average Bonchev–Trinajstić information content (AvgIpc) is 2.03. The summed E-state index contributed by atoms with van der Waals surface area (Å²) in [6, 6.07) is 1.84. The normalized spacial score (nSPS) is 9.31. The average molecular weight is 178 g/mol. The molecule has 6 heteroatoms. The van der Waals surface area contributed by atoms with E-state index in [9.17, 15) is 0 Å². The molecule has 0 aromatic carbocycles. The molecule has 1 aromatic rings. The van der Waals surface area contributed by atoms with E-state index in [1.54, 1.807) is 19.0 Å². The van der Waals surface area contributed by atoms with Crippen LogP contribution >= 0.6 is 0 Å². The number of anilines is 3. The van der Waals surface area contributed by atoms with Crippen LogP contribution in [0.15, 0.2) is 0 Å². The molecule has 0 spiro atoms. The molecule has 0 bridgehead atoms. The van der Waals surface area contributed by atoms with Gasteiger partial charge in [0, 0.05) is 14.1 Å². The third kappa shape index (κ3) is 1.59. The maximum Gasteiger partial charge on any atom is 0.228 e. The number of nitrogens with zero attached hydrogens (tertiary/aromatic N) is 4. The van der Waals surface area contributed by atoms with Gasteiger partial charge in [-0.3, -0.25) is 0 Å². The number of nitriles is 1. The molecule has 0 saturated carbocycles. The Balaban J connectivity index is 3.30. The lowest BCUT2D eigenvalue weighted by atomic mass is 10.3. The molecule has 0 aliphatic carbocycles. The van der Waals surface area contributed by atoms with Gasteiger partial charge in [0.1, 0.15) is 23.3 Å².